The van der Waals surface area contributed by atoms with Crippen LogP contribution in [0.25, 0.3) is 0 Å². The molecule has 0 unspecified atom stereocenters. The van der Waals surface area contributed by atoms with E-state index in [4.69, 9.17) is 10.5 Å². The molecule has 0 saturated heterocycles. The fraction of sp³-hybridized carbons (Fsp3) is 0.125. The molecule has 25 heavy (non-hydrogen) atoms. The van der Waals surface area contributed by atoms with Crippen LogP contribution in [0.4, 0.5) is 28.9 Å². The smallest absolute Gasteiger partial charge is 0.341 e. The molecule has 2 aromatic rings. The fourth-order valence-corrected chi connectivity index (χ4v) is 1.85. The second-order valence-corrected chi connectivity index (χ2v) is 4.99. The molecule has 0 aliphatic carbocycles. The zero-order chi connectivity index (χ0) is 18.7. The van der Waals surface area contributed by atoms with Crippen molar-refractivity contribution >= 4 is 23.3 Å². The number of carbonyl (C=O) groups is 2. The molecule has 0 radical (unpaired) electrons. The number of esters is 1. The maximum absolute atomic E-state index is 13.5. The number of nitrogens with two attached hydrogens (primary N) is 1. The Balaban J connectivity index is 2.08. The van der Waals surface area contributed by atoms with E-state index in [-0.39, 0.29) is 11.3 Å². The summed E-state index contributed by atoms with van der Waals surface area (Å²) in [5.41, 5.74) is 4.51. The molecule has 1 atom stereocenters. The molecule has 2 rings (SSSR count). The minimum atomic E-state index is -1.75. The van der Waals surface area contributed by atoms with Gasteiger partial charge >= 0.3 is 5.97 Å². The molecule has 0 heterocycles. The summed E-state index contributed by atoms with van der Waals surface area (Å²) in [4.78, 5) is 23.8. The summed E-state index contributed by atoms with van der Waals surface area (Å²) in [7, 11) is 0. The van der Waals surface area contributed by atoms with Crippen LogP contribution in [-0.2, 0) is 9.53 Å². The molecule has 0 aliphatic rings. The lowest BCUT2D eigenvalue weighted by Gasteiger charge is -2.15. The molecule has 132 valence electrons. The van der Waals surface area contributed by atoms with Gasteiger partial charge in [-0.05, 0) is 37.3 Å². The zero-order valence-corrected chi connectivity index (χ0v) is 12.8. The van der Waals surface area contributed by atoms with Gasteiger partial charge in [0.1, 0.15) is 5.82 Å². The summed E-state index contributed by atoms with van der Waals surface area (Å²) in [6.07, 6.45) is -1.41. The summed E-state index contributed by atoms with van der Waals surface area (Å²) >= 11 is 0. The van der Waals surface area contributed by atoms with Crippen LogP contribution in [0.1, 0.15) is 17.3 Å². The van der Waals surface area contributed by atoms with Crippen LogP contribution in [0.2, 0.25) is 0 Å². The number of hydrogen-bond donors (Lipinski definition) is 2. The summed E-state index contributed by atoms with van der Waals surface area (Å²) in [6, 6.07) is 4.40. The Labute approximate surface area is 139 Å². The van der Waals surface area contributed by atoms with Crippen molar-refractivity contribution in [3.05, 3.63) is 59.2 Å². The fourth-order valence-electron chi connectivity index (χ4n) is 1.85. The Bertz CT molecular complexity index is 842. The predicted octanol–water partition coefficient (Wildman–Crippen LogP) is 3.01. The van der Waals surface area contributed by atoms with E-state index in [1.54, 1.807) is 0 Å². The van der Waals surface area contributed by atoms with E-state index < -0.39 is 46.9 Å². The van der Waals surface area contributed by atoms with Crippen LogP contribution in [0, 0.1) is 23.3 Å². The van der Waals surface area contributed by atoms with E-state index in [2.05, 4.69) is 0 Å². The number of rotatable bonds is 4. The van der Waals surface area contributed by atoms with Crippen molar-refractivity contribution in [2.75, 3.05) is 11.1 Å². The van der Waals surface area contributed by atoms with Crippen LogP contribution in [0.3, 0.4) is 0 Å². The largest absolute Gasteiger partial charge is 0.449 e. The summed E-state index contributed by atoms with van der Waals surface area (Å²) in [5.74, 6) is -7.41. The third-order valence-electron chi connectivity index (χ3n) is 3.18. The first kappa shape index (κ1) is 18.2. The van der Waals surface area contributed by atoms with E-state index in [1.165, 1.54) is 6.92 Å². The second-order valence-electron chi connectivity index (χ2n) is 4.99. The van der Waals surface area contributed by atoms with Crippen molar-refractivity contribution < 1.29 is 31.9 Å². The van der Waals surface area contributed by atoms with Gasteiger partial charge < -0.3 is 15.8 Å². The van der Waals surface area contributed by atoms with E-state index in [9.17, 15) is 27.2 Å². The highest BCUT2D eigenvalue weighted by atomic mass is 19.2. The van der Waals surface area contributed by atoms with Crippen molar-refractivity contribution in [1.82, 2.24) is 0 Å². The summed E-state index contributed by atoms with van der Waals surface area (Å²) in [5, 5.41) is 1.97. The standard InChI is InChI=1S/C16H12F4N2O3/c1-7(25-16(24)9-3-2-8(17)6-11(9)21)15(23)22-12-5-4-10(18)13(19)14(12)20/h2-7H,21H2,1H3,(H,22,23)/t7-/m0/s1. The molecule has 2 aromatic carbocycles. The molecule has 0 saturated carbocycles. The van der Waals surface area contributed by atoms with Gasteiger partial charge in [-0.2, -0.15) is 0 Å². The van der Waals surface area contributed by atoms with Crippen molar-refractivity contribution in [3.63, 3.8) is 0 Å². The molecule has 0 aliphatic heterocycles. The average molecular weight is 356 g/mol. The highest BCUT2D eigenvalue weighted by Gasteiger charge is 2.23. The SMILES string of the molecule is C[C@H](OC(=O)c1ccc(F)cc1N)C(=O)Nc1ccc(F)c(F)c1F. The first-order valence-electron chi connectivity index (χ1n) is 6.91. The lowest BCUT2D eigenvalue weighted by molar-refractivity contribution is -0.123. The van der Waals surface area contributed by atoms with Crippen molar-refractivity contribution in [2.45, 2.75) is 13.0 Å². The van der Waals surface area contributed by atoms with Crippen LogP contribution >= 0.6 is 0 Å². The zero-order valence-electron chi connectivity index (χ0n) is 12.8. The Kier molecular flexibility index (Phi) is 5.26. The predicted molar refractivity (Wildman–Crippen MR) is 80.6 cm³/mol. The van der Waals surface area contributed by atoms with Crippen LogP contribution in [-0.4, -0.2) is 18.0 Å². The van der Waals surface area contributed by atoms with Gasteiger partial charge in [0.25, 0.3) is 5.91 Å². The Morgan fingerprint density at radius 3 is 2.40 bits per heavy atom. The number of hydrogen-bond acceptors (Lipinski definition) is 4. The van der Waals surface area contributed by atoms with Gasteiger partial charge in [0, 0.05) is 5.69 Å². The topological polar surface area (TPSA) is 81.4 Å². The number of nitrogens with one attached hydrogen (secondary N) is 1. The van der Waals surface area contributed by atoms with Crippen LogP contribution in [0.15, 0.2) is 30.3 Å². The number of nitrogen functional groups attached to an aromatic ring is 1. The second kappa shape index (κ2) is 7.20. The molecular weight excluding hydrogens is 344 g/mol. The van der Waals surface area contributed by atoms with Gasteiger partial charge in [-0.15, -0.1) is 0 Å². The minimum absolute atomic E-state index is 0.167. The van der Waals surface area contributed by atoms with Gasteiger partial charge in [-0.25, -0.2) is 22.4 Å². The van der Waals surface area contributed by atoms with Gasteiger partial charge in [-0.3, -0.25) is 4.79 Å². The van der Waals surface area contributed by atoms with Crippen LogP contribution < -0.4 is 11.1 Å². The van der Waals surface area contributed by atoms with E-state index >= 15 is 0 Å². The van der Waals surface area contributed by atoms with Crippen molar-refractivity contribution in [3.8, 4) is 0 Å². The first-order chi connectivity index (χ1) is 11.7. The molecule has 0 fully saturated rings. The van der Waals surface area contributed by atoms with Crippen molar-refractivity contribution in [1.29, 1.82) is 0 Å². The number of amides is 1. The number of carbonyl (C=O) groups excluding carboxylic acids is 2. The molecular formula is C16H12F4N2O3. The Morgan fingerprint density at radius 1 is 1.08 bits per heavy atom. The third-order valence-corrected chi connectivity index (χ3v) is 3.18. The average Bonchev–Trinajstić information content (AvgIpc) is 2.55. The molecule has 3 N–H and O–H groups in total. The quantitative estimate of drug-likeness (QED) is 0.382. The highest BCUT2D eigenvalue weighted by molar-refractivity contribution is 5.99. The maximum Gasteiger partial charge on any atom is 0.341 e. The minimum Gasteiger partial charge on any atom is -0.449 e. The monoisotopic (exact) mass is 356 g/mol. The maximum atomic E-state index is 13.5. The number of anilines is 2. The normalized spacial score (nSPS) is 11.7. The highest BCUT2D eigenvalue weighted by Crippen LogP contribution is 2.20. The van der Waals surface area contributed by atoms with Gasteiger partial charge in [0.15, 0.2) is 23.6 Å². The molecule has 0 bridgehead atoms. The molecule has 0 aromatic heterocycles. The van der Waals surface area contributed by atoms with Crippen molar-refractivity contribution in [2.24, 2.45) is 0 Å². The van der Waals surface area contributed by atoms with E-state index in [1.807, 2.05) is 5.32 Å². The third kappa shape index (κ3) is 4.06. The Hall–Kier alpha value is -3.10. The van der Waals surface area contributed by atoms with Gasteiger partial charge in [-0.1, -0.05) is 0 Å². The Morgan fingerprint density at radius 2 is 1.76 bits per heavy atom. The molecule has 9 heteroatoms. The number of benzene rings is 2. The number of halogens is 4. The molecule has 1 amide bonds. The summed E-state index contributed by atoms with van der Waals surface area (Å²) < 4.78 is 57.3. The lowest BCUT2D eigenvalue weighted by atomic mass is 10.2. The summed E-state index contributed by atoms with van der Waals surface area (Å²) in [6.45, 7) is 1.17. The van der Waals surface area contributed by atoms with Gasteiger partial charge in [0.2, 0.25) is 0 Å². The van der Waals surface area contributed by atoms with Gasteiger partial charge in [0.05, 0.1) is 11.3 Å². The van der Waals surface area contributed by atoms with Crippen LogP contribution in [0.5, 0.6) is 0 Å². The number of ether oxygens (including phenoxy) is 1. The molecule has 0 spiro atoms. The lowest BCUT2D eigenvalue weighted by Crippen LogP contribution is -2.30. The molecule has 5 nitrogen and oxygen atoms in total. The first-order valence-corrected chi connectivity index (χ1v) is 6.91. The van der Waals surface area contributed by atoms with E-state index in [0.717, 1.165) is 24.3 Å². The van der Waals surface area contributed by atoms with E-state index in [0.29, 0.717) is 6.07 Å².